The molecule has 3 unspecified atom stereocenters. The molecule has 0 fully saturated rings. The Morgan fingerprint density at radius 1 is 0.826 bits per heavy atom. The molecular weight excluding hydrogens is 346 g/mol. The Labute approximate surface area is 143 Å². The summed E-state index contributed by atoms with van der Waals surface area (Å²) in [4.78, 5) is 30.6. The molecule has 0 heterocycles. The zero-order valence-corrected chi connectivity index (χ0v) is 14.5. The lowest BCUT2D eigenvalue weighted by atomic mass is 10.2. The molecule has 0 saturated heterocycles. The summed E-state index contributed by atoms with van der Waals surface area (Å²) in [5.74, 6) is -1.44. The van der Waals surface area contributed by atoms with E-state index < -0.39 is 36.0 Å². The smallest absolute Gasteiger partial charge is 0.321 e. The van der Waals surface area contributed by atoms with Gasteiger partial charge in [-0.15, -0.1) is 0 Å². The Morgan fingerprint density at radius 2 is 1.22 bits per heavy atom. The molecule has 136 valence electrons. The fraction of sp³-hybridized carbons (Fsp3) is 0.750. The third-order valence-corrected chi connectivity index (χ3v) is 4.22. The number of rotatable bonds is 11. The Kier molecular flexibility index (Phi) is 15.4. The van der Waals surface area contributed by atoms with Crippen LogP contribution in [0.15, 0.2) is 0 Å². The van der Waals surface area contributed by atoms with Crippen LogP contribution < -0.4 is 17.2 Å². The molecule has 0 aliphatic heterocycles. The summed E-state index contributed by atoms with van der Waals surface area (Å²) in [6.07, 6.45) is 2.79. The number of hydrogen-bond acceptors (Lipinski definition) is 8. The van der Waals surface area contributed by atoms with Gasteiger partial charge in [-0.3, -0.25) is 14.4 Å². The van der Waals surface area contributed by atoms with Crippen LogP contribution >= 0.6 is 23.5 Å². The van der Waals surface area contributed by atoms with Gasteiger partial charge in [-0.05, 0) is 30.6 Å². The predicted molar refractivity (Wildman–Crippen MR) is 91.8 cm³/mol. The van der Waals surface area contributed by atoms with Crippen molar-refractivity contribution in [3.63, 3.8) is 0 Å². The van der Waals surface area contributed by atoms with Gasteiger partial charge in [-0.2, -0.15) is 23.5 Å². The monoisotopic (exact) mass is 371 g/mol. The highest BCUT2D eigenvalue weighted by Crippen LogP contribution is 2.05. The number of aliphatic carboxylic acids is 3. The maximum absolute atomic E-state index is 10.3. The average Bonchev–Trinajstić information content (AvgIpc) is 2.48. The Bertz CT molecular complexity index is 351. The molecule has 0 saturated carbocycles. The highest BCUT2D eigenvalue weighted by Gasteiger charge is 2.13. The van der Waals surface area contributed by atoms with E-state index in [1.165, 1.54) is 11.8 Å². The molecule has 3 atom stereocenters. The molecule has 9 nitrogen and oxygen atoms in total. The second-order valence-corrected chi connectivity index (χ2v) is 6.61. The fourth-order valence-electron chi connectivity index (χ4n) is 0.984. The number of hydrogen-bond donors (Lipinski definition) is 6. The number of thioether (sulfide) groups is 2. The highest BCUT2D eigenvalue weighted by molar-refractivity contribution is 7.99. The maximum Gasteiger partial charge on any atom is 0.321 e. The van der Waals surface area contributed by atoms with Gasteiger partial charge in [0.2, 0.25) is 0 Å². The topological polar surface area (TPSA) is 190 Å². The minimum absolute atomic E-state index is 0.266. The Balaban J connectivity index is 0. The van der Waals surface area contributed by atoms with E-state index in [2.05, 4.69) is 0 Å². The second kappa shape index (κ2) is 14.6. The van der Waals surface area contributed by atoms with Crippen LogP contribution in [0.25, 0.3) is 0 Å². The van der Waals surface area contributed by atoms with Gasteiger partial charge in [0.15, 0.2) is 0 Å². The minimum Gasteiger partial charge on any atom is -0.480 e. The van der Waals surface area contributed by atoms with Crippen molar-refractivity contribution in [2.24, 2.45) is 17.2 Å². The zero-order chi connectivity index (χ0) is 18.4. The molecule has 0 radical (unpaired) electrons. The first-order valence-electron chi connectivity index (χ1n) is 6.65. The van der Waals surface area contributed by atoms with Crippen molar-refractivity contribution >= 4 is 41.4 Å². The first-order valence-corrected chi connectivity index (χ1v) is 9.20. The van der Waals surface area contributed by atoms with Gasteiger partial charge < -0.3 is 32.5 Å². The lowest BCUT2D eigenvalue weighted by Crippen LogP contribution is -2.33. The van der Waals surface area contributed by atoms with E-state index in [4.69, 9.17) is 32.5 Å². The normalized spacial score (nSPS) is 14.1. The van der Waals surface area contributed by atoms with E-state index in [1.807, 2.05) is 6.26 Å². The highest BCUT2D eigenvalue weighted by atomic mass is 32.2. The van der Waals surface area contributed by atoms with E-state index in [1.54, 1.807) is 11.8 Å². The van der Waals surface area contributed by atoms with E-state index in [9.17, 15) is 14.4 Å². The third-order valence-electron chi connectivity index (χ3n) is 2.46. The zero-order valence-electron chi connectivity index (χ0n) is 12.9. The fourth-order valence-corrected chi connectivity index (χ4v) is 2.46. The number of carbonyl (C=O) groups is 3. The molecule has 0 aromatic carbocycles. The predicted octanol–water partition coefficient (Wildman–Crippen LogP) is -0.915. The SMILES string of the molecule is CSCCC(N)C(=O)O.NC(CCSCC(N)C(=O)O)C(=O)O. The first kappa shape index (κ1) is 24.2. The molecule has 0 aromatic heterocycles. The molecular formula is C12H25N3O6S2. The van der Waals surface area contributed by atoms with Crippen LogP contribution in [0, 0.1) is 0 Å². The van der Waals surface area contributed by atoms with Crippen molar-refractivity contribution in [3.8, 4) is 0 Å². The summed E-state index contributed by atoms with van der Waals surface area (Å²) in [6, 6.07) is -2.47. The molecule has 0 bridgehead atoms. The Hall–Kier alpha value is -1.01. The van der Waals surface area contributed by atoms with Gasteiger partial charge in [-0.1, -0.05) is 0 Å². The molecule has 0 rings (SSSR count). The summed E-state index contributed by atoms with van der Waals surface area (Å²) >= 11 is 2.89. The van der Waals surface area contributed by atoms with Gasteiger partial charge in [0, 0.05) is 5.75 Å². The molecule has 0 aliphatic rings. The van der Waals surface area contributed by atoms with Gasteiger partial charge in [0.05, 0.1) is 0 Å². The van der Waals surface area contributed by atoms with Crippen molar-refractivity contribution in [3.05, 3.63) is 0 Å². The van der Waals surface area contributed by atoms with Crippen LogP contribution in [-0.4, -0.2) is 74.9 Å². The number of carboxylic acids is 3. The van der Waals surface area contributed by atoms with E-state index in [0.29, 0.717) is 18.6 Å². The van der Waals surface area contributed by atoms with Crippen LogP contribution in [-0.2, 0) is 14.4 Å². The quantitative estimate of drug-likeness (QED) is 0.246. The summed E-state index contributed by atoms with van der Waals surface area (Å²) in [5, 5.41) is 25.1. The molecule has 0 amide bonds. The standard InChI is InChI=1S/C7H14N2O4S.C5H11NO2S/c8-4(6(10)11)1-2-14-3-5(9)7(12)13;1-9-3-2-4(6)5(7)8/h4-5H,1-3,8-9H2,(H,10,11)(H,12,13);4H,2-3,6H2,1H3,(H,7,8). The van der Waals surface area contributed by atoms with Crippen LogP contribution in [0.1, 0.15) is 12.8 Å². The number of nitrogens with two attached hydrogens (primary N) is 3. The first-order chi connectivity index (χ1) is 10.6. The average molecular weight is 371 g/mol. The minimum atomic E-state index is -1.06. The number of carboxylic acid groups (broad SMARTS) is 3. The van der Waals surface area contributed by atoms with Crippen LogP contribution in [0.3, 0.4) is 0 Å². The van der Waals surface area contributed by atoms with Crippen molar-refractivity contribution in [1.29, 1.82) is 0 Å². The second-order valence-electron chi connectivity index (χ2n) is 4.48. The summed E-state index contributed by atoms with van der Waals surface area (Å²) in [7, 11) is 0. The summed E-state index contributed by atoms with van der Waals surface area (Å²) in [5.41, 5.74) is 15.6. The lowest BCUT2D eigenvalue weighted by molar-refractivity contribution is -0.139. The van der Waals surface area contributed by atoms with E-state index in [0.717, 1.165) is 5.75 Å². The van der Waals surface area contributed by atoms with Crippen molar-refractivity contribution in [2.75, 3.05) is 23.5 Å². The van der Waals surface area contributed by atoms with Gasteiger partial charge in [-0.25, -0.2) is 0 Å². The summed E-state index contributed by atoms with van der Waals surface area (Å²) in [6.45, 7) is 0. The molecule has 0 aliphatic carbocycles. The van der Waals surface area contributed by atoms with E-state index in [-0.39, 0.29) is 5.75 Å². The molecule has 0 spiro atoms. The lowest BCUT2D eigenvalue weighted by Gasteiger charge is -2.07. The van der Waals surface area contributed by atoms with Crippen molar-refractivity contribution < 1.29 is 29.7 Å². The van der Waals surface area contributed by atoms with Crippen molar-refractivity contribution in [2.45, 2.75) is 31.0 Å². The summed E-state index contributed by atoms with van der Waals surface area (Å²) < 4.78 is 0. The third kappa shape index (κ3) is 15.7. The van der Waals surface area contributed by atoms with Crippen LogP contribution in [0.2, 0.25) is 0 Å². The van der Waals surface area contributed by atoms with E-state index >= 15 is 0 Å². The Morgan fingerprint density at radius 3 is 1.57 bits per heavy atom. The van der Waals surface area contributed by atoms with Gasteiger partial charge >= 0.3 is 17.9 Å². The molecule has 23 heavy (non-hydrogen) atoms. The molecule has 0 aromatic rings. The van der Waals surface area contributed by atoms with Crippen molar-refractivity contribution in [1.82, 2.24) is 0 Å². The molecule has 11 heteroatoms. The van der Waals surface area contributed by atoms with Crippen LogP contribution in [0.5, 0.6) is 0 Å². The molecule has 9 N–H and O–H groups in total. The maximum atomic E-state index is 10.3. The largest absolute Gasteiger partial charge is 0.480 e. The van der Waals surface area contributed by atoms with Crippen LogP contribution in [0.4, 0.5) is 0 Å². The van der Waals surface area contributed by atoms with Gasteiger partial charge in [0.1, 0.15) is 18.1 Å². The van der Waals surface area contributed by atoms with Gasteiger partial charge in [0.25, 0.3) is 0 Å².